The number of aromatic hydroxyl groups is 1. The summed E-state index contributed by atoms with van der Waals surface area (Å²) in [5, 5.41) is 13.2. The Hall–Kier alpha value is -4.54. The minimum Gasteiger partial charge on any atom is -0.506 e. The smallest absolute Gasteiger partial charge is 0.411 e. The summed E-state index contributed by atoms with van der Waals surface area (Å²) < 4.78 is 68.5. The van der Waals surface area contributed by atoms with Crippen molar-refractivity contribution in [2.24, 2.45) is 0 Å². The summed E-state index contributed by atoms with van der Waals surface area (Å²) in [6.45, 7) is 4.90. The molecule has 1 fully saturated rings. The molecule has 0 radical (unpaired) electrons. The van der Waals surface area contributed by atoms with Crippen LogP contribution in [0.2, 0.25) is 5.02 Å². The molecule has 0 unspecified atom stereocenters. The van der Waals surface area contributed by atoms with E-state index in [2.05, 4.69) is 22.2 Å². The van der Waals surface area contributed by atoms with Crippen LogP contribution in [0.5, 0.6) is 5.75 Å². The third-order valence-electron chi connectivity index (χ3n) is 10.5. The molecule has 0 spiro atoms. The van der Waals surface area contributed by atoms with Crippen LogP contribution >= 0.6 is 11.6 Å². The SMILES string of the molecule is CN(CCCCCCCCCN1CCC(OC(=O)Nc2ccccc2-c2ccccc2)CC1)Cc1cccc(O)c1Cl.O=S(=O)(O)c1cccc2c(S(=O)(=O)O)cccc12. The first-order chi connectivity index (χ1) is 28.7. The van der Waals surface area contributed by atoms with Crippen molar-refractivity contribution >= 4 is 54.4 Å². The fourth-order valence-corrected chi connectivity index (χ4v) is 8.96. The maximum absolute atomic E-state index is 12.7. The zero-order valence-corrected chi connectivity index (χ0v) is 36.1. The number of para-hydroxylation sites is 1. The molecule has 1 amide bonds. The number of fused-ring (bicyclic) bond motifs is 1. The number of hydrogen-bond donors (Lipinski definition) is 4. The fourth-order valence-electron chi connectivity index (χ4n) is 7.36. The summed E-state index contributed by atoms with van der Waals surface area (Å²) >= 11 is 6.20. The van der Waals surface area contributed by atoms with E-state index in [4.69, 9.17) is 25.4 Å². The predicted octanol–water partition coefficient (Wildman–Crippen LogP) is 9.92. The number of nitrogens with one attached hydrogen (secondary N) is 1. The van der Waals surface area contributed by atoms with E-state index in [1.807, 2.05) is 66.7 Å². The zero-order valence-electron chi connectivity index (χ0n) is 33.7. The van der Waals surface area contributed by atoms with Crippen molar-refractivity contribution in [1.29, 1.82) is 0 Å². The van der Waals surface area contributed by atoms with Gasteiger partial charge in [-0.1, -0.05) is 129 Å². The van der Waals surface area contributed by atoms with Crippen molar-refractivity contribution in [1.82, 2.24) is 9.80 Å². The molecule has 0 aromatic heterocycles. The van der Waals surface area contributed by atoms with Crippen molar-refractivity contribution in [3.05, 3.63) is 120 Å². The number of hydrogen-bond acceptors (Lipinski definition) is 9. The highest BCUT2D eigenvalue weighted by atomic mass is 35.5. The maximum Gasteiger partial charge on any atom is 0.411 e. The van der Waals surface area contributed by atoms with Crippen molar-refractivity contribution < 1.29 is 40.6 Å². The molecule has 12 nitrogen and oxygen atoms in total. The third-order valence-corrected chi connectivity index (χ3v) is 12.7. The van der Waals surface area contributed by atoms with E-state index in [1.54, 1.807) is 6.07 Å². The van der Waals surface area contributed by atoms with Gasteiger partial charge in [0.2, 0.25) is 0 Å². The second-order valence-electron chi connectivity index (χ2n) is 15.0. The molecule has 5 aromatic rings. The number of amides is 1. The van der Waals surface area contributed by atoms with Gasteiger partial charge in [-0.3, -0.25) is 14.4 Å². The number of ether oxygens (including phenoxy) is 1. The molecule has 60 heavy (non-hydrogen) atoms. The Morgan fingerprint density at radius 1 is 0.733 bits per heavy atom. The van der Waals surface area contributed by atoms with Gasteiger partial charge in [-0.15, -0.1) is 0 Å². The molecule has 322 valence electrons. The van der Waals surface area contributed by atoms with Crippen LogP contribution in [0.25, 0.3) is 21.9 Å². The number of phenols is 1. The summed E-state index contributed by atoms with van der Waals surface area (Å²) in [6, 6.07) is 30.9. The largest absolute Gasteiger partial charge is 0.506 e. The lowest BCUT2D eigenvalue weighted by Gasteiger charge is -2.31. The topological polar surface area (TPSA) is 174 Å². The van der Waals surface area contributed by atoms with Gasteiger partial charge in [0.05, 0.1) is 10.7 Å². The van der Waals surface area contributed by atoms with Crippen LogP contribution < -0.4 is 5.32 Å². The molecule has 1 heterocycles. The standard InChI is InChI=1S/C35H46ClN3O3.C10H8O6S2/c1-38(27-29-17-14-20-33(40)34(29)36)23-12-5-3-2-4-6-13-24-39-25-21-30(22-26-39)42-35(41)37-32-19-11-10-18-31(32)28-15-8-7-9-16-28;11-17(12,13)9-5-1-3-7-8(9)4-2-6-10(7)18(14,15)16/h7-11,14-20,30,40H,2-6,12-13,21-27H2,1H3,(H,37,41);1-6H,(H,11,12,13)(H,14,15,16). The number of carbonyl (C=O) groups excluding carboxylic acids is 1. The van der Waals surface area contributed by atoms with E-state index in [9.17, 15) is 26.7 Å². The average Bonchev–Trinajstić information content (AvgIpc) is 3.22. The number of benzene rings is 5. The lowest BCUT2D eigenvalue weighted by Crippen LogP contribution is -2.38. The molecule has 1 saturated heterocycles. The number of anilines is 1. The van der Waals surface area contributed by atoms with E-state index in [-0.39, 0.29) is 28.7 Å². The van der Waals surface area contributed by atoms with Crippen LogP contribution in [-0.2, 0) is 31.5 Å². The van der Waals surface area contributed by atoms with Crippen molar-refractivity contribution in [2.75, 3.05) is 38.5 Å². The van der Waals surface area contributed by atoms with Gasteiger partial charge in [-0.05, 0) is 81.2 Å². The van der Waals surface area contributed by atoms with Crippen LogP contribution in [-0.4, -0.2) is 86.3 Å². The second kappa shape index (κ2) is 22.3. The van der Waals surface area contributed by atoms with Crippen LogP contribution in [0.1, 0.15) is 63.4 Å². The summed E-state index contributed by atoms with van der Waals surface area (Å²) in [5.41, 5.74) is 3.80. The number of unbranched alkanes of at least 4 members (excludes halogenated alkanes) is 6. The lowest BCUT2D eigenvalue weighted by molar-refractivity contribution is 0.0584. The molecule has 0 bridgehead atoms. The molecule has 0 atom stereocenters. The van der Waals surface area contributed by atoms with E-state index >= 15 is 0 Å². The molecule has 0 aliphatic carbocycles. The second-order valence-corrected chi connectivity index (χ2v) is 18.2. The van der Waals surface area contributed by atoms with Crippen LogP contribution in [0.3, 0.4) is 0 Å². The summed E-state index contributed by atoms with van der Waals surface area (Å²) in [7, 11) is -6.83. The van der Waals surface area contributed by atoms with Gasteiger partial charge >= 0.3 is 6.09 Å². The Kier molecular flexibility index (Phi) is 17.3. The van der Waals surface area contributed by atoms with Crippen molar-refractivity contribution in [3.63, 3.8) is 0 Å². The zero-order chi connectivity index (χ0) is 43.1. The van der Waals surface area contributed by atoms with Gasteiger partial charge in [0.25, 0.3) is 20.2 Å². The minimum atomic E-state index is -4.47. The molecular formula is C45H54ClN3O9S2. The Labute approximate surface area is 358 Å². The predicted molar refractivity (Wildman–Crippen MR) is 237 cm³/mol. The Morgan fingerprint density at radius 2 is 1.28 bits per heavy atom. The molecule has 6 rings (SSSR count). The number of phenolic OH excluding ortho intramolecular Hbond substituents is 1. The van der Waals surface area contributed by atoms with Gasteiger partial charge in [0.1, 0.15) is 21.6 Å². The molecule has 1 aliphatic heterocycles. The summed E-state index contributed by atoms with van der Waals surface area (Å²) in [5.74, 6) is 0.155. The van der Waals surface area contributed by atoms with Gasteiger partial charge in [-0.2, -0.15) is 16.8 Å². The Bertz CT molecular complexity index is 2320. The molecule has 15 heteroatoms. The average molecular weight is 881 g/mol. The third kappa shape index (κ3) is 14.0. The molecule has 0 saturated carbocycles. The first-order valence-corrected chi connectivity index (χ1v) is 23.4. The van der Waals surface area contributed by atoms with Crippen molar-refractivity contribution in [2.45, 2.75) is 80.2 Å². The van der Waals surface area contributed by atoms with Crippen LogP contribution in [0.4, 0.5) is 10.5 Å². The summed E-state index contributed by atoms with van der Waals surface area (Å²) in [6.07, 6.45) is 10.2. The van der Waals surface area contributed by atoms with E-state index in [0.717, 1.165) is 80.1 Å². The Morgan fingerprint density at radius 3 is 1.90 bits per heavy atom. The van der Waals surface area contributed by atoms with Crippen molar-refractivity contribution in [3.8, 4) is 16.9 Å². The molecular weight excluding hydrogens is 826 g/mol. The number of halogens is 1. The Balaban J connectivity index is 0.000000315. The number of carbonyl (C=O) groups is 1. The normalized spacial score (nSPS) is 13.8. The quantitative estimate of drug-likeness (QED) is 0.0517. The van der Waals surface area contributed by atoms with E-state index in [0.29, 0.717) is 5.02 Å². The number of piperidine rings is 1. The minimum absolute atomic E-state index is 0.0233. The summed E-state index contributed by atoms with van der Waals surface area (Å²) in [4.78, 5) is 16.6. The fraction of sp³-hybridized carbons (Fsp3) is 0.356. The van der Waals surface area contributed by atoms with Gasteiger partial charge < -0.3 is 19.6 Å². The molecule has 4 N–H and O–H groups in total. The highest BCUT2D eigenvalue weighted by Gasteiger charge is 2.23. The number of likely N-dealkylation sites (tertiary alicyclic amines) is 1. The van der Waals surface area contributed by atoms with Gasteiger partial charge in [0, 0.05) is 36.0 Å². The van der Waals surface area contributed by atoms with Gasteiger partial charge in [-0.25, -0.2) is 4.79 Å². The van der Waals surface area contributed by atoms with Crippen LogP contribution in [0, 0.1) is 0 Å². The lowest BCUT2D eigenvalue weighted by atomic mass is 10.0. The first kappa shape index (κ1) is 46.5. The van der Waals surface area contributed by atoms with Gasteiger partial charge in [0.15, 0.2) is 0 Å². The molecule has 5 aromatic carbocycles. The number of nitrogens with zero attached hydrogens (tertiary/aromatic N) is 2. The molecule has 1 aliphatic rings. The van der Waals surface area contributed by atoms with Crippen LogP contribution in [0.15, 0.2) is 119 Å². The highest BCUT2D eigenvalue weighted by molar-refractivity contribution is 7.86. The van der Waals surface area contributed by atoms with E-state index < -0.39 is 30.0 Å². The van der Waals surface area contributed by atoms with E-state index in [1.165, 1.54) is 69.2 Å². The first-order valence-electron chi connectivity index (χ1n) is 20.2. The monoisotopic (exact) mass is 879 g/mol. The highest BCUT2D eigenvalue weighted by Crippen LogP contribution is 2.30. The maximum atomic E-state index is 12.7. The number of rotatable bonds is 17.